The van der Waals surface area contributed by atoms with E-state index in [2.05, 4.69) is 109 Å². The Hall–Kier alpha value is -2.63. The van der Waals surface area contributed by atoms with Crippen LogP contribution in [-0.4, -0.2) is 71.4 Å². The van der Waals surface area contributed by atoms with Gasteiger partial charge in [-0.2, -0.15) is 5.10 Å². The van der Waals surface area contributed by atoms with Crippen molar-refractivity contribution in [2.24, 2.45) is 0 Å². The van der Waals surface area contributed by atoms with E-state index in [1.54, 1.807) is 0 Å². The van der Waals surface area contributed by atoms with E-state index in [0.717, 1.165) is 70.8 Å². The number of hydrogen-bond acceptors (Lipinski definition) is 4. The molecule has 5 heteroatoms. The molecule has 1 fully saturated rings. The van der Waals surface area contributed by atoms with Gasteiger partial charge < -0.3 is 9.80 Å². The van der Waals surface area contributed by atoms with Gasteiger partial charge >= 0.3 is 0 Å². The topological polar surface area (TPSA) is 27.5 Å². The molecule has 0 aliphatic carbocycles. The average Bonchev–Trinajstić information content (AvgIpc) is 3.31. The highest BCUT2D eigenvalue weighted by Crippen LogP contribution is 2.24. The third-order valence-electron chi connectivity index (χ3n) is 7.85. The molecule has 1 aliphatic rings. The summed E-state index contributed by atoms with van der Waals surface area (Å²) in [5, 5.41) is 5.00. The first-order valence-corrected chi connectivity index (χ1v) is 13.9. The summed E-state index contributed by atoms with van der Waals surface area (Å²) in [6, 6.07) is 20.1. The Bertz CT molecular complexity index is 1080. The Kier molecular flexibility index (Phi) is 9.22. The minimum absolute atomic E-state index is 0.559. The van der Waals surface area contributed by atoms with E-state index in [9.17, 15) is 0 Å². The average molecular weight is 488 g/mol. The first-order chi connectivity index (χ1) is 17.5. The number of aryl methyl sites for hydroxylation is 2. The highest BCUT2D eigenvalue weighted by atomic mass is 15.3. The summed E-state index contributed by atoms with van der Waals surface area (Å²) < 4.78 is 2.15. The zero-order chi connectivity index (χ0) is 25.5. The van der Waals surface area contributed by atoms with Crippen molar-refractivity contribution in [3.05, 3.63) is 77.1 Å². The lowest BCUT2D eigenvalue weighted by Gasteiger charge is -2.41. The molecule has 0 N–H and O–H groups in total. The summed E-state index contributed by atoms with van der Waals surface area (Å²) >= 11 is 0. The molecule has 1 saturated heterocycles. The standard InChI is InChI=1S/C31H45N5/c1-6-12-30-23-28(32-36(30)29-14-9-8-10-15-29)17-18-33(7-2)24-26(4)34-19-21-35(22-20-34)31-16-11-13-25(3)27(31)5/h8-11,13-16,23,26H,6-7,12,17-22,24H2,1-5H3. The van der Waals surface area contributed by atoms with Gasteiger partial charge in [0.15, 0.2) is 0 Å². The van der Waals surface area contributed by atoms with Crippen molar-refractivity contribution in [1.82, 2.24) is 19.6 Å². The van der Waals surface area contributed by atoms with Crippen LogP contribution in [0.4, 0.5) is 5.69 Å². The quantitative estimate of drug-likeness (QED) is 0.356. The fourth-order valence-electron chi connectivity index (χ4n) is 5.45. The lowest BCUT2D eigenvalue weighted by atomic mass is 10.1. The van der Waals surface area contributed by atoms with Gasteiger partial charge in [0.05, 0.1) is 11.4 Å². The van der Waals surface area contributed by atoms with Gasteiger partial charge in [-0.1, -0.05) is 50.6 Å². The van der Waals surface area contributed by atoms with E-state index in [4.69, 9.17) is 5.10 Å². The molecule has 0 radical (unpaired) electrons. The summed E-state index contributed by atoms with van der Waals surface area (Å²) in [4.78, 5) is 7.84. The van der Waals surface area contributed by atoms with Crippen molar-refractivity contribution >= 4 is 5.69 Å². The monoisotopic (exact) mass is 487 g/mol. The zero-order valence-corrected chi connectivity index (χ0v) is 23.1. The van der Waals surface area contributed by atoms with Crippen molar-refractivity contribution < 1.29 is 0 Å². The molecule has 2 heterocycles. The number of likely N-dealkylation sites (N-methyl/N-ethyl adjacent to an activating group) is 1. The number of hydrogen-bond donors (Lipinski definition) is 0. The molecule has 36 heavy (non-hydrogen) atoms. The van der Waals surface area contributed by atoms with E-state index >= 15 is 0 Å². The fraction of sp³-hybridized carbons (Fsp3) is 0.516. The molecule has 1 unspecified atom stereocenters. The number of rotatable bonds is 11. The van der Waals surface area contributed by atoms with Crippen molar-refractivity contribution in [2.45, 2.75) is 59.9 Å². The molecule has 1 atom stereocenters. The lowest BCUT2D eigenvalue weighted by Crippen LogP contribution is -2.52. The largest absolute Gasteiger partial charge is 0.369 e. The molecule has 0 amide bonds. The SMILES string of the molecule is CCCc1cc(CCN(CC)CC(C)N2CCN(c3cccc(C)c3C)CC2)nn1-c1ccccc1. The number of para-hydroxylation sites is 1. The van der Waals surface area contributed by atoms with E-state index in [-0.39, 0.29) is 0 Å². The van der Waals surface area contributed by atoms with Crippen LogP contribution in [-0.2, 0) is 12.8 Å². The van der Waals surface area contributed by atoms with Crippen LogP contribution in [0, 0.1) is 13.8 Å². The number of aromatic nitrogens is 2. The molecule has 1 aliphatic heterocycles. The van der Waals surface area contributed by atoms with Gasteiger partial charge in [0.2, 0.25) is 0 Å². The highest BCUT2D eigenvalue weighted by molar-refractivity contribution is 5.56. The van der Waals surface area contributed by atoms with Gasteiger partial charge in [-0.05, 0) is 69.1 Å². The molecule has 1 aromatic heterocycles. The number of anilines is 1. The molecule has 194 valence electrons. The summed E-state index contributed by atoms with van der Waals surface area (Å²) in [5.41, 5.74) is 7.90. The van der Waals surface area contributed by atoms with Crippen LogP contribution < -0.4 is 4.90 Å². The molecular weight excluding hydrogens is 442 g/mol. The van der Waals surface area contributed by atoms with Gasteiger partial charge in [0.25, 0.3) is 0 Å². The van der Waals surface area contributed by atoms with Gasteiger partial charge in [-0.25, -0.2) is 4.68 Å². The second-order valence-electron chi connectivity index (χ2n) is 10.4. The van der Waals surface area contributed by atoms with Gasteiger partial charge in [0.1, 0.15) is 0 Å². The smallest absolute Gasteiger partial charge is 0.0648 e. The first kappa shape index (κ1) is 26.4. The molecule has 0 saturated carbocycles. The summed E-state index contributed by atoms with van der Waals surface area (Å²) in [6.07, 6.45) is 3.19. The van der Waals surface area contributed by atoms with Gasteiger partial charge in [-0.3, -0.25) is 4.90 Å². The van der Waals surface area contributed by atoms with Crippen LogP contribution in [0.1, 0.15) is 49.7 Å². The minimum atomic E-state index is 0.559. The van der Waals surface area contributed by atoms with Crippen LogP contribution in [0.2, 0.25) is 0 Å². The van der Waals surface area contributed by atoms with E-state index in [0.29, 0.717) is 6.04 Å². The maximum atomic E-state index is 5.00. The Balaban J connectivity index is 1.31. The van der Waals surface area contributed by atoms with Gasteiger partial charge in [0, 0.05) is 63.1 Å². The molecule has 0 bridgehead atoms. The lowest BCUT2D eigenvalue weighted by molar-refractivity contribution is 0.145. The predicted molar refractivity (Wildman–Crippen MR) is 153 cm³/mol. The molecule has 3 aromatic rings. The summed E-state index contributed by atoms with van der Waals surface area (Å²) in [6.45, 7) is 19.1. The van der Waals surface area contributed by atoms with Crippen LogP contribution in [0.15, 0.2) is 54.6 Å². The van der Waals surface area contributed by atoms with Crippen molar-refractivity contribution in [3.63, 3.8) is 0 Å². The van der Waals surface area contributed by atoms with E-state index in [1.165, 1.54) is 28.2 Å². The third-order valence-corrected chi connectivity index (χ3v) is 7.85. The number of benzene rings is 2. The van der Waals surface area contributed by atoms with Crippen LogP contribution in [0.25, 0.3) is 5.69 Å². The summed E-state index contributed by atoms with van der Waals surface area (Å²) in [7, 11) is 0. The van der Waals surface area contributed by atoms with Crippen molar-refractivity contribution in [1.29, 1.82) is 0 Å². The van der Waals surface area contributed by atoms with E-state index in [1.807, 2.05) is 0 Å². The first-order valence-electron chi connectivity index (χ1n) is 13.9. The maximum Gasteiger partial charge on any atom is 0.0648 e. The fourth-order valence-corrected chi connectivity index (χ4v) is 5.45. The molecule has 0 spiro atoms. The molecule has 2 aromatic carbocycles. The predicted octanol–water partition coefficient (Wildman–Crippen LogP) is 5.52. The molecule has 5 nitrogen and oxygen atoms in total. The van der Waals surface area contributed by atoms with Crippen LogP contribution in [0.5, 0.6) is 0 Å². The third kappa shape index (κ3) is 6.37. The Morgan fingerprint density at radius 3 is 2.36 bits per heavy atom. The molecule has 4 rings (SSSR count). The minimum Gasteiger partial charge on any atom is -0.369 e. The second kappa shape index (κ2) is 12.6. The van der Waals surface area contributed by atoms with Crippen molar-refractivity contribution in [3.8, 4) is 5.69 Å². The van der Waals surface area contributed by atoms with Crippen LogP contribution >= 0.6 is 0 Å². The Morgan fingerprint density at radius 1 is 0.917 bits per heavy atom. The van der Waals surface area contributed by atoms with Crippen LogP contribution in [0.3, 0.4) is 0 Å². The Morgan fingerprint density at radius 2 is 1.67 bits per heavy atom. The van der Waals surface area contributed by atoms with Gasteiger partial charge in [-0.15, -0.1) is 0 Å². The maximum absolute atomic E-state index is 5.00. The second-order valence-corrected chi connectivity index (χ2v) is 10.4. The summed E-state index contributed by atoms with van der Waals surface area (Å²) in [5.74, 6) is 0. The van der Waals surface area contributed by atoms with E-state index < -0.39 is 0 Å². The zero-order valence-electron chi connectivity index (χ0n) is 23.1. The number of piperazine rings is 1. The highest BCUT2D eigenvalue weighted by Gasteiger charge is 2.23. The number of nitrogens with zero attached hydrogens (tertiary/aromatic N) is 5. The Labute approximate surface area is 218 Å². The molecular formula is C31H45N5. The normalized spacial score (nSPS) is 15.6. The van der Waals surface area contributed by atoms with Crippen molar-refractivity contribution in [2.75, 3.05) is 50.7 Å².